The summed E-state index contributed by atoms with van der Waals surface area (Å²) in [6.07, 6.45) is 2.02. The summed E-state index contributed by atoms with van der Waals surface area (Å²) >= 11 is 6.10. The molecule has 0 radical (unpaired) electrons. The highest BCUT2D eigenvalue weighted by molar-refractivity contribution is 6.33. The summed E-state index contributed by atoms with van der Waals surface area (Å²) in [6, 6.07) is 0. The van der Waals surface area contributed by atoms with Crippen molar-refractivity contribution in [2.24, 2.45) is 17.1 Å². The van der Waals surface area contributed by atoms with Gasteiger partial charge in [0.05, 0.1) is 23.2 Å². The molecule has 2 saturated heterocycles. The number of amides is 2. The summed E-state index contributed by atoms with van der Waals surface area (Å²) < 4.78 is 7.03. The van der Waals surface area contributed by atoms with E-state index in [0.717, 1.165) is 0 Å². The zero-order chi connectivity index (χ0) is 15.9. The van der Waals surface area contributed by atoms with Gasteiger partial charge in [-0.3, -0.25) is 14.3 Å². The molecule has 1 aromatic heterocycles. The zero-order valence-corrected chi connectivity index (χ0v) is 13.2. The predicted octanol–water partition coefficient (Wildman–Crippen LogP) is 0.520. The number of primary amides is 1. The van der Waals surface area contributed by atoms with Gasteiger partial charge in [-0.1, -0.05) is 11.6 Å². The molecule has 2 N–H and O–H groups in total. The van der Waals surface area contributed by atoms with Gasteiger partial charge in [0.1, 0.15) is 5.69 Å². The number of aromatic nitrogens is 2. The van der Waals surface area contributed by atoms with Gasteiger partial charge in [0.2, 0.25) is 5.91 Å². The number of rotatable bonds is 3. The molecule has 3 heterocycles. The number of fused-ring (bicyclic) bond motifs is 1. The van der Waals surface area contributed by atoms with E-state index in [1.165, 1.54) is 6.20 Å². The smallest absolute Gasteiger partial charge is 0.273 e. The molecule has 2 atom stereocenters. The number of carbonyl (C=O) groups excluding carboxylic acids is 2. The van der Waals surface area contributed by atoms with Gasteiger partial charge in [-0.25, -0.2) is 0 Å². The van der Waals surface area contributed by atoms with Crippen molar-refractivity contribution in [3.63, 3.8) is 0 Å². The van der Waals surface area contributed by atoms with Gasteiger partial charge in [0.15, 0.2) is 0 Å². The predicted molar refractivity (Wildman–Crippen MR) is 79.4 cm³/mol. The van der Waals surface area contributed by atoms with Crippen LogP contribution in [0.25, 0.3) is 0 Å². The number of hydrogen-bond acceptors (Lipinski definition) is 4. The molecule has 7 nitrogen and oxygen atoms in total. The van der Waals surface area contributed by atoms with Crippen LogP contribution < -0.4 is 5.73 Å². The third kappa shape index (κ3) is 2.19. The van der Waals surface area contributed by atoms with Crippen LogP contribution in [0.1, 0.15) is 23.8 Å². The van der Waals surface area contributed by atoms with E-state index in [0.29, 0.717) is 50.0 Å². The molecular weight excluding hydrogens is 308 g/mol. The second kappa shape index (κ2) is 5.55. The molecule has 0 aliphatic carbocycles. The molecule has 2 amide bonds. The van der Waals surface area contributed by atoms with Crippen molar-refractivity contribution < 1.29 is 14.3 Å². The van der Waals surface area contributed by atoms with Crippen LogP contribution in [0.3, 0.4) is 0 Å². The maximum absolute atomic E-state index is 12.8. The van der Waals surface area contributed by atoms with Crippen LogP contribution in [0, 0.1) is 11.3 Å². The van der Waals surface area contributed by atoms with Crippen molar-refractivity contribution in [3.05, 3.63) is 16.9 Å². The highest BCUT2D eigenvalue weighted by Gasteiger charge is 2.54. The minimum atomic E-state index is -0.683. The summed E-state index contributed by atoms with van der Waals surface area (Å²) in [5, 5.41) is 4.42. The quantitative estimate of drug-likeness (QED) is 0.876. The van der Waals surface area contributed by atoms with E-state index in [9.17, 15) is 9.59 Å². The summed E-state index contributed by atoms with van der Waals surface area (Å²) in [7, 11) is 0. The number of nitrogens with zero attached hydrogens (tertiary/aromatic N) is 3. The van der Waals surface area contributed by atoms with Crippen LogP contribution in [-0.2, 0) is 16.1 Å². The minimum Gasteiger partial charge on any atom is -0.381 e. The standard InChI is InChI=1S/C14H19ClN4O3/c1-2-19-11(10(15)5-17-19)12(20)18-6-9-7-22-4-3-14(9,8-18)13(16)21/h5,9H,2-4,6-8H2,1H3,(H2,16,21)/t9-,14+/m1/s1. The van der Waals surface area contributed by atoms with Gasteiger partial charge in [0.25, 0.3) is 5.91 Å². The Balaban J connectivity index is 1.89. The van der Waals surface area contributed by atoms with Crippen LogP contribution in [0.5, 0.6) is 0 Å². The topological polar surface area (TPSA) is 90.4 Å². The van der Waals surface area contributed by atoms with Gasteiger partial charge < -0.3 is 15.4 Å². The first kappa shape index (κ1) is 15.3. The Morgan fingerprint density at radius 1 is 1.59 bits per heavy atom. The van der Waals surface area contributed by atoms with Crippen molar-refractivity contribution in [2.45, 2.75) is 19.9 Å². The zero-order valence-electron chi connectivity index (χ0n) is 12.4. The summed E-state index contributed by atoms with van der Waals surface area (Å²) in [4.78, 5) is 26.4. The molecule has 8 heteroatoms. The van der Waals surface area contributed by atoms with Gasteiger partial charge in [0, 0.05) is 32.2 Å². The van der Waals surface area contributed by atoms with Crippen LogP contribution in [-0.4, -0.2) is 52.8 Å². The van der Waals surface area contributed by atoms with Gasteiger partial charge in [-0.05, 0) is 13.3 Å². The Morgan fingerprint density at radius 3 is 3.00 bits per heavy atom. The van der Waals surface area contributed by atoms with Crippen molar-refractivity contribution in [1.29, 1.82) is 0 Å². The molecule has 120 valence electrons. The SMILES string of the molecule is CCn1ncc(Cl)c1C(=O)N1C[C@@H]2COCC[C@]2(C(N)=O)C1. The lowest BCUT2D eigenvalue weighted by Crippen LogP contribution is -2.48. The van der Waals surface area contributed by atoms with E-state index < -0.39 is 5.41 Å². The van der Waals surface area contributed by atoms with E-state index in [2.05, 4.69) is 5.10 Å². The summed E-state index contributed by atoms with van der Waals surface area (Å²) in [6.45, 7) is 4.16. The Hall–Kier alpha value is -1.60. The lowest BCUT2D eigenvalue weighted by molar-refractivity contribution is -0.135. The Bertz CT molecular complexity index is 617. The maximum Gasteiger partial charge on any atom is 0.273 e. The van der Waals surface area contributed by atoms with E-state index in [1.54, 1.807) is 9.58 Å². The van der Waals surface area contributed by atoms with Crippen molar-refractivity contribution in [1.82, 2.24) is 14.7 Å². The molecule has 2 aliphatic rings. The average molecular weight is 327 g/mol. The maximum atomic E-state index is 12.8. The minimum absolute atomic E-state index is 0.0560. The van der Waals surface area contributed by atoms with Crippen LogP contribution in [0.4, 0.5) is 0 Å². The molecule has 2 fully saturated rings. The van der Waals surface area contributed by atoms with Gasteiger partial charge in [-0.15, -0.1) is 0 Å². The van der Waals surface area contributed by atoms with Crippen LogP contribution in [0.2, 0.25) is 5.02 Å². The van der Waals surface area contributed by atoms with Crippen molar-refractivity contribution in [3.8, 4) is 0 Å². The van der Waals surface area contributed by atoms with Crippen LogP contribution in [0.15, 0.2) is 6.20 Å². The lowest BCUT2D eigenvalue weighted by Gasteiger charge is -2.34. The fourth-order valence-electron chi connectivity index (χ4n) is 3.47. The first-order valence-corrected chi connectivity index (χ1v) is 7.75. The van der Waals surface area contributed by atoms with Gasteiger partial charge in [-0.2, -0.15) is 5.10 Å². The molecule has 0 unspecified atom stereocenters. The lowest BCUT2D eigenvalue weighted by atomic mass is 9.74. The molecule has 0 spiro atoms. The fraction of sp³-hybridized carbons (Fsp3) is 0.643. The molecule has 0 bridgehead atoms. The van der Waals surface area contributed by atoms with E-state index in [4.69, 9.17) is 22.1 Å². The van der Waals surface area contributed by atoms with E-state index >= 15 is 0 Å². The van der Waals surface area contributed by atoms with Crippen molar-refractivity contribution >= 4 is 23.4 Å². The molecule has 3 rings (SSSR count). The van der Waals surface area contributed by atoms with Gasteiger partial charge >= 0.3 is 0 Å². The monoisotopic (exact) mass is 326 g/mol. The highest BCUT2D eigenvalue weighted by Crippen LogP contribution is 2.42. The third-order valence-corrected chi connectivity index (χ3v) is 5.06. The van der Waals surface area contributed by atoms with E-state index in [-0.39, 0.29) is 17.7 Å². The number of halogens is 1. The second-order valence-electron chi connectivity index (χ2n) is 5.88. The summed E-state index contributed by atoms with van der Waals surface area (Å²) in [5.74, 6) is -0.620. The molecule has 0 saturated carbocycles. The first-order valence-electron chi connectivity index (χ1n) is 7.38. The third-order valence-electron chi connectivity index (χ3n) is 4.78. The Labute approximate surface area is 133 Å². The molecule has 2 aliphatic heterocycles. The number of likely N-dealkylation sites (tertiary alicyclic amines) is 1. The second-order valence-corrected chi connectivity index (χ2v) is 6.29. The largest absolute Gasteiger partial charge is 0.381 e. The number of nitrogens with two attached hydrogens (primary N) is 1. The number of ether oxygens (including phenoxy) is 1. The Morgan fingerprint density at radius 2 is 2.36 bits per heavy atom. The fourth-order valence-corrected chi connectivity index (χ4v) is 3.69. The average Bonchev–Trinajstić information content (AvgIpc) is 3.07. The van der Waals surface area contributed by atoms with Crippen LogP contribution >= 0.6 is 11.6 Å². The number of aryl methyl sites for hydroxylation is 1. The molecule has 22 heavy (non-hydrogen) atoms. The highest BCUT2D eigenvalue weighted by atomic mass is 35.5. The normalized spacial score (nSPS) is 27.7. The molecular formula is C14H19ClN4O3. The molecule has 1 aromatic rings. The Kier molecular flexibility index (Phi) is 3.86. The first-order chi connectivity index (χ1) is 10.5. The number of carbonyl (C=O) groups is 2. The molecule has 0 aromatic carbocycles. The number of hydrogen-bond donors (Lipinski definition) is 1. The van der Waals surface area contributed by atoms with Crippen molar-refractivity contribution in [2.75, 3.05) is 26.3 Å². The van der Waals surface area contributed by atoms with E-state index in [1.807, 2.05) is 6.92 Å². The summed E-state index contributed by atoms with van der Waals surface area (Å²) in [5.41, 5.74) is 5.32.